The molecule has 0 rings (SSSR count). The van der Waals surface area contributed by atoms with E-state index in [4.69, 9.17) is 5.11 Å². The Balaban J connectivity index is 3.68. The van der Waals surface area contributed by atoms with Gasteiger partial charge in [-0.05, 0) is 7.05 Å². The predicted octanol–water partition coefficient (Wildman–Crippen LogP) is 1.84. The zero-order chi connectivity index (χ0) is 10.5. The van der Waals surface area contributed by atoms with Crippen LogP contribution in [0.5, 0.6) is 0 Å². The van der Waals surface area contributed by atoms with Crippen LogP contribution in [0, 0.1) is 0 Å². The first-order chi connectivity index (χ1) is 5.87. The average molecular weight is 223 g/mol. The van der Waals surface area contributed by atoms with E-state index in [0.717, 1.165) is 0 Å². The highest BCUT2D eigenvalue weighted by Gasteiger charge is 2.17. The lowest BCUT2D eigenvalue weighted by atomic mass is 10.3. The molecular formula is C8H17NO2S2. The number of hydrogen-bond acceptors (Lipinski definition) is 4. The molecule has 3 nitrogen and oxygen atoms in total. The molecule has 0 aromatic carbocycles. The van der Waals surface area contributed by atoms with Crippen molar-refractivity contribution < 1.29 is 9.90 Å². The molecule has 0 aliphatic carbocycles. The van der Waals surface area contributed by atoms with Gasteiger partial charge in [0.2, 0.25) is 0 Å². The summed E-state index contributed by atoms with van der Waals surface area (Å²) in [4.78, 5) is 10.6. The molecule has 0 bridgehead atoms. The van der Waals surface area contributed by atoms with Crippen LogP contribution in [0.1, 0.15) is 20.8 Å². The number of rotatable bonds is 5. The molecule has 13 heavy (non-hydrogen) atoms. The molecule has 78 valence electrons. The van der Waals surface area contributed by atoms with Crippen LogP contribution in [0.2, 0.25) is 0 Å². The van der Waals surface area contributed by atoms with Crippen LogP contribution in [0.25, 0.3) is 0 Å². The van der Waals surface area contributed by atoms with Gasteiger partial charge in [0.05, 0.1) is 0 Å². The number of carboxylic acids is 1. The van der Waals surface area contributed by atoms with Crippen molar-refractivity contribution in [3.8, 4) is 0 Å². The minimum Gasteiger partial charge on any atom is -0.480 e. The number of carboxylic acid groups (broad SMARTS) is 1. The molecule has 0 aliphatic rings. The van der Waals surface area contributed by atoms with Gasteiger partial charge in [-0.15, -0.1) is 0 Å². The number of carbonyl (C=O) groups is 1. The molecule has 1 atom stereocenters. The van der Waals surface area contributed by atoms with Crippen LogP contribution in [0.4, 0.5) is 0 Å². The number of nitrogens with one attached hydrogen (secondary N) is 1. The van der Waals surface area contributed by atoms with Crippen molar-refractivity contribution in [1.29, 1.82) is 0 Å². The van der Waals surface area contributed by atoms with Gasteiger partial charge in [-0.2, -0.15) is 0 Å². The van der Waals surface area contributed by atoms with E-state index in [2.05, 4.69) is 26.1 Å². The summed E-state index contributed by atoms with van der Waals surface area (Å²) < 4.78 is 0.182. The van der Waals surface area contributed by atoms with Crippen LogP contribution in [-0.2, 0) is 4.79 Å². The smallest absolute Gasteiger partial charge is 0.321 e. The molecule has 0 amide bonds. The van der Waals surface area contributed by atoms with Crippen LogP contribution < -0.4 is 5.32 Å². The minimum absolute atomic E-state index is 0.182. The number of hydrogen-bond donors (Lipinski definition) is 2. The highest BCUT2D eigenvalue weighted by molar-refractivity contribution is 8.77. The normalized spacial score (nSPS) is 14.2. The van der Waals surface area contributed by atoms with Crippen molar-refractivity contribution in [2.75, 3.05) is 12.8 Å². The Morgan fingerprint density at radius 3 is 2.38 bits per heavy atom. The van der Waals surface area contributed by atoms with E-state index >= 15 is 0 Å². The van der Waals surface area contributed by atoms with Crippen molar-refractivity contribution in [3.63, 3.8) is 0 Å². The topological polar surface area (TPSA) is 49.3 Å². The average Bonchev–Trinajstić information content (AvgIpc) is 1.95. The maximum absolute atomic E-state index is 10.6. The molecule has 0 aliphatic heterocycles. The number of likely N-dealkylation sites (N-methyl/N-ethyl adjacent to an activating group) is 1. The molecule has 1 unspecified atom stereocenters. The lowest BCUT2D eigenvalue weighted by Crippen LogP contribution is -2.35. The zero-order valence-corrected chi connectivity index (χ0v) is 10.1. The summed E-state index contributed by atoms with van der Waals surface area (Å²) in [5, 5.41) is 11.5. The standard InChI is InChI=1S/C8H17NO2S2/c1-8(2,3)13-12-5-6(9-4)7(10)11/h6,9H,5H2,1-4H3,(H,10,11). The Labute approximate surface area is 87.4 Å². The highest BCUT2D eigenvalue weighted by atomic mass is 33.1. The molecule has 0 saturated carbocycles. The SMILES string of the molecule is CNC(CSSC(C)(C)C)C(=O)O. The minimum atomic E-state index is -0.787. The Hall–Kier alpha value is 0.130. The first kappa shape index (κ1) is 13.1. The van der Waals surface area contributed by atoms with Crippen LogP contribution in [0.15, 0.2) is 0 Å². The summed E-state index contributed by atoms with van der Waals surface area (Å²) in [5.74, 6) is -0.196. The second kappa shape index (κ2) is 5.78. The molecule has 2 N–H and O–H groups in total. The fourth-order valence-electron chi connectivity index (χ4n) is 0.557. The molecule has 0 aromatic heterocycles. The van der Waals surface area contributed by atoms with Gasteiger partial charge in [0.1, 0.15) is 6.04 Å². The largest absolute Gasteiger partial charge is 0.480 e. The van der Waals surface area contributed by atoms with E-state index in [1.54, 1.807) is 28.6 Å². The van der Waals surface area contributed by atoms with Crippen LogP contribution in [-0.4, -0.2) is 34.7 Å². The van der Waals surface area contributed by atoms with Crippen molar-refractivity contribution in [2.24, 2.45) is 0 Å². The Morgan fingerprint density at radius 1 is 1.54 bits per heavy atom. The van der Waals surface area contributed by atoms with Gasteiger partial charge in [0.15, 0.2) is 0 Å². The summed E-state index contributed by atoms with van der Waals surface area (Å²) in [5.41, 5.74) is 0. The summed E-state index contributed by atoms with van der Waals surface area (Å²) in [7, 11) is 4.97. The Morgan fingerprint density at radius 2 is 2.08 bits per heavy atom. The van der Waals surface area contributed by atoms with Gasteiger partial charge < -0.3 is 10.4 Å². The van der Waals surface area contributed by atoms with Crippen LogP contribution in [0.3, 0.4) is 0 Å². The fraction of sp³-hybridized carbons (Fsp3) is 0.875. The molecule has 0 aromatic rings. The monoisotopic (exact) mass is 223 g/mol. The van der Waals surface area contributed by atoms with Crippen LogP contribution >= 0.6 is 21.6 Å². The third-order valence-corrected chi connectivity index (χ3v) is 4.54. The van der Waals surface area contributed by atoms with Crippen molar-refractivity contribution in [3.05, 3.63) is 0 Å². The molecule has 0 radical (unpaired) electrons. The van der Waals surface area contributed by atoms with Crippen molar-refractivity contribution in [2.45, 2.75) is 31.6 Å². The molecule has 0 spiro atoms. The fourth-order valence-corrected chi connectivity index (χ4v) is 3.10. The van der Waals surface area contributed by atoms with Gasteiger partial charge >= 0.3 is 5.97 Å². The lowest BCUT2D eigenvalue weighted by Gasteiger charge is -2.17. The van der Waals surface area contributed by atoms with E-state index in [1.807, 2.05) is 0 Å². The highest BCUT2D eigenvalue weighted by Crippen LogP contribution is 2.35. The Bertz CT molecular complexity index is 168. The molecular weight excluding hydrogens is 206 g/mol. The predicted molar refractivity (Wildman–Crippen MR) is 60.3 cm³/mol. The quantitative estimate of drug-likeness (QED) is 0.697. The van der Waals surface area contributed by atoms with Gasteiger partial charge in [-0.3, -0.25) is 4.79 Å². The first-order valence-corrected chi connectivity index (χ1v) is 6.39. The van der Waals surface area contributed by atoms with E-state index in [0.29, 0.717) is 5.75 Å². The molecule has 0 fully saturated rings. The zero-order valence-electron chi connectivity index (χ0n) is 8.46. The third-order valence-electron chi connectivity index (χ3n) is 1.19. The van der Waals surface area contributed by atoms with Crippen molar-refractivity contribution in [1.82, 2.24) is 5.32 Å². The third kappa shape index (κ3) is 7.22. The summed E-state index contributed by atoms with van der Waals surface area (Å²) in [6.07, 6.45) is 0. The first-order valence-electron chi connectivity index (χ1n) is 4.07. The van der Waals surface area contributed by atoms with E-state index in [1.165, 1.54) is 0 Å². The van der Waals surface area contributed by atoms with Gasteiger partial charge in [0.25, 0.3) is 0 Å². The van der Waals surface area contributed by atoms with Gasteiger partial charge in [-0.1, -0.05) is 42.4 Å². The van der Waals surface area contributed by atoms with E-state index in [9.17, 15) is 4.79 Å². The molecule has 0 saturated heterocycles. The van der Waals surface area contributed by atoms with Gasteiger partial charge in [-0.25, -0.2) is 0 Å². The number of aliphatic carboxylic acids is 1. The Kier molecular flexibility index (Phi) is 5.83. The second-order valence-electron chi connectivity index (χ2n) is 3.66. The molecule has 5 heteroatoms. The summed E-state index contributed by atoms with van der Waals surface area (Å²) in [6, 6.07) is -0.445. The second-order valence-corrected chi connectivity index (χ2v) is 6.83. The van der Waals surface area contributed by atoms with E-state index < -0.39 is 12.0 Å². The maximum atomic E-state index is 10.6. The molecule has 0 heterocycles. The van der Waals surface area contributed by atoms with Gasteiger partial charge in [0, 0.05) is 10.5 Å². The van der Waals surface area contributed by atoms with Crippen molar-refractivity contribution >= 4 is 27.6 Å². The maximum Gasteiger partial charge on any atom is 0.321 e. The van der Waals surface area contributed by atoms with E-state index in [-0.39, 0.29) is 4.75 Å². The summed E-state index contributed by atoms with van der Waals surface area (Å²) >= 11 is 0. The lowest BCUT2D eigenvalue weighted by molar-refractivity contribution is -0.138. The summed E-state index contributed by atoms with van der Waals surface area (Å²) in [6.45, 7) is 6.33.